The predicted molar refractivity (Wildman–Crippen MR) is 128 cm³/mol. The van der Waals surface area contributed by atoms with Gasteiger partial charge in [0, 0.05) is 30.8 Å². The van der Waals surface area contributed by atoms with Crippen LogP contribution >= 0.6 is 0 Å². The molecular formula is C25H28N6O5. The van der Waals surface area contributed by atoms with Crippen molar-refractivity contribution in [2.45, 2.75) is 31.4 Å². The van der Waals surface area contributed by atoms with Crippen LogP contribution in [0.2, 0.25) is 0 Å². The van der Waals surface area contributed by atoms with E-state index in [2.05, 4.69) is 25.7 Å². The summed E-state index contributed by atoms with van der Waals surface area (Å²) in [7, 11) is 3.66. The SMILES string of the molecule is COc1c2c(cc3c1C(c1nnnn1-c1cccc(C(=O)NCC4CCCO4)c1)N(C)CC3)OCO2. The van der Waals surface area contributed by atoms with Crippen molar-refractivity contribution in [3.8, 4) is 22.9 Å². The number of ether oxygens (including phenoxy) is 4. The molecule has 6 rings (SSSR count). The largest absolute Gasteiger partial charge is 0.492 e. The number of hydrogen-bond donors (Lipinski definition) is 1. The molecule has 3 aliphatic heterocycles. The number of carbonyl (C=O) groups excluding carboxylic acids is 1. The molecule has 0 aliphatic carbocycles. The number of carbonyl (C=O) groups is 1. The topological polar surface area (TPSA) is 113 Å². The van der Waals surface area contributed by atoms with Gasteiger partial charge in [0.2, 0.25) is 12.5 Å². The highest BCUT2D eigenvalue weighted by Crippen LogP contribution is 2.50. The van der Waals surface area contributed by atoms with Crippen LogP contribution in [-0.2, 0) is 11.2 Å². The van der Waals surface area contributed by atoms with Gasteiger partial charge in [-0.25, -0.2) is 0 Å². The summed E-state index contributed by atoms with van der Waals surface area (Å²) in [6.45, 7) is 2.22. The number of rotatable bonds is 6. The second-order valence-electron chi connectivity index (χ2n) is 9.19. The summed E-state index contributed by atoms with van der Waals surface area (Å²) in [5, 5.41) is 15.7. The van der Waals surface area contributed by atoms with Crippen LogP contribution in [0.4, 0.5) is 0 Å². The third kappa shape index (κ3) is 3.94. The van der Waals surface area contributed by atoms with Gasteiger partial charge in [0.25, 0.3) is 5.91 Å². The first-order chi connectivity index (χ1) is 17.6. The van der Waals surface area contributed by atoms with Crippen molar-refractivity contribution >= 4 is 5.91 Å². The highest BCUT2D eigenvalue weighted by molar-refractivity contribution is 5.94. The van der Waals surface area contributed by atoms with E-state index in [1.54, 1.807) is 23.9 Å². The molecule has 36 heavy (non-hydrogen) atoms. The van der Waals surface area contributed by atoms with E-state index in [9.17, 15) is 4.79 Å². The fourth-order valence-corrected chi connectivity index (χ4v) is 5.20. The van der Waals surface area contributed by atoms with Gasteiger partial charge in [-0.3, -0.25) is 9.69 Å². The average molecular weight is 493 g/mol. The molecule has 0 saturated carbocycles. The van der Waals surface area contributed by atoms with Crippen LogP contribution in [0, 0.1) is 0 Å². The minimum Gasteiger partial charge on any atom is -0.492 e. The first-order valence-electron chi connectivity index (χ1n) is 12.1. The molecule has 11 heteroatoms. The van der Waals surface area contributed by atoms with Crippen LogP contribution in [0.1, 0.15) is 46.2 Å². The smallest absolute Gasteiger partial charge is 0.251 e. The highest BCUT2D eigenvalue weighted by atomic mass is 16.7. The average Bonchev–Trinajstić information content (AvgIpc) is 3.68. The van der Waals surface area contributed by atoms with E-state index in [0.717, 1.165) is 43.5 Å². The molecular weight excluding hydrogens is 464 g/mol. The number of tetrazole rings is 1. The zero-order chi connectivity index (χ0) is 24.6. The molecule has 1 N–H and O–H groups in total. The maximum atomic E-state index is 12.8. The second kappa shape index (κ2) is 9.40. The molecule has 0 spiro atoms. The molecule has 2 unspecified atom stereocenters. The lowest BCUT2D eigenvalue weighted by Crippen LogP contribution is -2.35. The first-order valence-corrected chi connectivity index (χ1v) is 12.1. The number of nitrogens with zero attached hydrogens (tertiary/aromatic N) is 5. The third-order valence-corrected chi connectivity index (χ3v) is 7.00. The molecule has 2 atom stereocenters. The number of hydrogen-bond acceptors (Lipinski definition) is 9. The van der Waals surface area contributed by atoms with E-state index in [4.69, 9.17) is 18.9 Å². The predicted octanol–water partition coefficient (Wildman–Crippen LogP) is 1.89. The van der Waals surface area contributed by atoms with E-state index < -0.39 is 0 Å². The minimum absolute atomic E-state index is 0.0796. The van der Waals surface area contributed by atoms with Crippen molar-refractivity contribution in [3.05, 3.63) is 52.8 Å². The molecule has 4 heterocycles. The van der Waals surface area contributed by atoms with Crippen molar-refractivity contribution in [1.29, 1.82) is 0 Å². The van der Waals surface area contributed by atoms with Gasteiger partial charge in [0.1, 0.15) is 6.04 Å². The minimum atomic E-state index is -0.287. The van der Waals surface area contributed by atoms with Crippen LogP contribution in [0.25, 0.3) is 5.69 Å². The number of methoxy groups -OCH3 is 1. The van der Waals surface area contributed by atoms with Gasteiger partial charge >= 0.3 is 0 Å². The van der Waals surface area contributed by atoms with Crippen LogP contribution in [0.3, 0.4) is 0 Å². The number of amides is 1. The summed E-state index contributed by atoms with van der Waals surface area (Å²) in [5.74, 6) is 2.38. The first kappa shape index (κ1) is 22.7. The molecule has 188 valence electrons. The van der Waals surface area contributed by atoms with Crippen LogP contribution in [0.5, 0.6) is 17.2 Å². The Balaban J connectivity index is 1.34. The molecule has 0 radical (unpaired) electrons. The summed E-state index contributed by atoms with van der Waals surface area (Å²) < 4.78 is 24.5. The monoisotopic (exact) mass is 492 g/mol. The Kier molecular flexibility index (Phi) is 5.94. The Bertz CT molecular complexity index is 1290. The number of likely N-dealkylation sites (N-methyl/N-ethyl adjacent to an activating group) is 1. The summed E-state index contributed by atoms with van der Waals surface area (Å²) in [4.78, 5) is 15.0. The van der Waals surface area contributed by atoms with Gasteiger partial charge in [-0.05, 0) is 66.6 Å². The number of nitrogens with one attached hydrogen (secondary N) is 1. The van der Waals surface area contributed by atoms with E-state index in [-0.39, 0.29) is 24.8 Å². The number of benzene rings is 2. The van der Waals surface area contributed by atoms with E-state index in [1.807, 2.05) is 25.2 Å². The van der Waals surface area contributed by atoms with Gasteiger partial charge in [0.05, 0.1) is 18.9 Å². The Hall–Kier alpha value is -3.70. The molecule has 11 nitrogen and oxygen atoms in total. The molecule has 1 saturated heterocycles. The van der Waals surface area contributed by atoms with Gasteiger partial charge in [0.15, 0.2) is 17.3 Å². The number of fused-ring (bicyclic) bond motifs is 2. The summed E-state index contributed by atoms with van der Waals surface area (Å²) in [5.41, 5.74) is 3.29. The van der Waals surface area contributed by atoms with Gasteiger partial charge in [-0.2, -0.15) is 4.68 Å². The standard InChI is InChI=1S/C25H28N6O5/c1-30-9-8-15-12-19-22(36-14-35-19)23(33-2)20(15)21(30)24-27-28-29-31(24)17-6-3-5-16(11-17)25(32)26-13-18-7-4-10-34-18/h3,5-6,11-12,18,21H,4,7-10,13-14H2,1-2H3,(H,26,32). The molecule has 0 bridgehead atoms. The van der Waals surface area contributed by atoms with Crippen molar-refractivity contribution in [1.82, 2.24) is 30.4 Å². The van der Waals surface area contributed by atoms with Crippen LogP contribution in [-0.4, -0.2) is 77.8 Å². The van der Waals surface area contributed by atoms with Gasteiger partial charge < -0.3 is 24.3 Å². The molecule has 3 aromatic rings. The Morgan fingerprint density at radius 2 is 2.19 bits per heavy atom. The van der Waals surface area contributed by atoms with Crippen molar-refractivity contribution in [2.75, 3.05) is 40.6 Å². The summed E-state index contributed by atoms with van der Waals surface area (Å²) >= 11 is 0. The van der Waals surface area contributed by atoms with Gasteiger partial charge in [-0.1, -0.05) is 6.07 Å². The number of aromatic nitrogens is 4. The maximum Gasteiger partial charge on any atom is 0.251 e. The molecule has 1 aromatic heterocycles. The summed E-state index contributed by atoms with van der Waals surface area (Å²) in [6, 6.07) is 9.03. The molecule has 3 aliphatic rings. The molecule has 1 amide bonds. The van der Waals surface area contributed by atoms with Gasteiger partial charge in [-0.15, -0.1) is 5.10 Å². The Morgan fingerprint density at radius 3 is 3.03 bits per heavy atom. The van der Waals surface area contributed by atoms with E-state index in [0.29, 0.717) is 40.9 Å². The van der Waals surface area contributed by atoms with E-state index in [1.165, 1.54) is 0 Å². The Labute approximate surface area is 208 Å². The van der Waals surface area contributed by atoms with Crippen molar-refractivity contribution in [3.63, 3.8) is 0 Å². The lowest BCUT2D eigenvalue weighted by atomic mass is 9.90. The Morgan fingerprint density at radius 1 is 1.28 bits per heavy atom. The van der Waals surface area contributed by atoms with Crippen molar-refractivity contribution in [2.24, 2.45) is 0 Å². The normalized spacial score (nSPS) is 20.8. The quantitative estimate of drug-likeness (QED) is 0.551. The van der Waals surface area contributed by atoms with Crippen molar-refractivity contribution < 1.29 is 23.7 Å². The van der Waals surface area contributed by atoms with Crippen LogP contribution in [0.15, 0.2) is 30.3 Å². The fourth-order valence-electron chi connectivity index (χ4n) is 5.20. The molecule has 1 fully saturated rings. The maximum absolute atomic E-state index is 12.8. The lowest BCUT2D eigenvalue weighted by Gasteiger charge is -2.34. The highest BCUT2D eigenvalue weighted by Gasteiger charge is 2.37. The third-order valence-electron chi connectivity index (χ3n) is 7.00. The second-order valence-corrected chi connectivity index (χ2v) is 9.19. The zero-order valence-electron chi connectivity index (χ0n) is 20.3. The fraction of sp³-hybridized carbons (Fsp3) is 0.440. The summed E-state index contributed by atoms with van der Waals surface area (Å²) in [6.07, 6.45) is 2.91. The van der Waals surface area contributed by atoms with Crippen LogP contribution < -0.4 is 19.5 Å². The lowest BCUT2D eigenvalue weighted by molar-refractivity contribution is 0.0857. The zero-order valence-corrected chi connectivity index (χ0v) is 20.3. The van der Waals surface area contributed by atoms with E-state index >= 15 is 0 Å². The molecule has 2 aromatic carbocycles.